The first-order valence-electron chi connectivity index (χ1n) is 9.43. The minimum atomic E-state index is -1.06. The third-order valence-electron chi connectivity index (χ3n) is 6.01. The molecule has 1 aromatic rings. The van der Waals surface area contributed by atoms with Gasteiger partial charge in [-0.3, -0.25) is 24.8 Å². The van der Waals surface area contributed by atoms with Gasteiger partial charge in [0.15, 0.2) is 5.92 Å². The van der Waals surface area contributed by atoms with Crippen LogP contribution < -0.4 is 10.2 Å². The average Bonchev–Trinajstić information content (AvgIpc) is 3.25. The smallest absolute Gasteiger partial charge is 0.331 e. The van der Waals surface area contributed by atoms with E-state index in [1.165, 1.54) is 17.5 Å². The first-order valence-corrected chi connectivity index (χ1v) is 9.43. The van der Waals surface area contributed by atoms with E-state index in [9.17, 15) is 14.4 Å². The van der Waals surface area contributed by atoms with Crippen LogP contribution in [0.15, 0.2) is 29.3 Å². The van der Waals surface area contributed by atoms with Crippen molar-refractivity contribution in [3.05, 3.63) is 24.3 Å². The molecule has 1 heterocycles. The lowest BCUT2D eigenvalue weighted by Crippen LogP contribution is -2.62. The fraction of sp³-hybridized carbons (Fsp3) is 0.500. The van der Waals surface area contributed by atoms with E-state index in [2.05, 4.69) is 10.3 Å². The van der Waals surface area contributed by atoms with Gasteiger partial charge < -0.3 is 4.90 Å². The third kappa shape index (κ3) is 3.22. The first kappa shape index (κ1) is 17.7. The van der Waals surface area contributed by atoms with Crippen LogP contribution in [0.4, 0.5) is 16.2 Å². The van der Waals surface area contributed by atoms with E-state index in [0.717, 1.165) is 24.9 Å². The van der Waals surface area contributed by atoms with Crippen LogP contribution in [0.3, 0.4) is 0 Å². The van der Waals surface area contributed by atoms with Crippen LogP contribution in [-0.2, 0) is 9.59 Å². The summed E-state index contributed by atoms with van der Waals surface area (Å²) >= 11 is 0. The van der Waals surface area contributed by atoms with Gasteiger partial charge in [0.05, 0.1) is 5.69 Å². The molecule has 0 spiro atoms. The number of benzene rings is 1. The molecule has 3 fully saturated rings. The molecular weight excluding hydrogens is 344 g/mol. The minimum absolute atomic E-state index is 0.0837. The van der Waals surface area contributed by atoms with Crippen molar-refractivity contribution in [2.24, 2.45) is 22.7 Å². The zero-order valence-electron chi connectivity index (χ0n) is 15.6. The number of nitrogens with zero attached hydrogens (tertiary/aromatic N) is 3. The van der Waals surface area contributed by atoms with Crippen molar-refractivity contribution in [2.45, 2.75) is 31.7 Å². The van der Waals surface area contributed by atoms with Gasteiger partial charge in [0, 0.05) is 32.0 Å². The van der Waals surface area contributed by atoms with Crippen molar-refractivity contribution in [1.82, 2.24) is 10.2 Å². The Kier molecular flexibility index (Phi) is 4.45. The second-order valence-corrected chi connectivity index (χ2v) is 7.91. The lowest BCUT2D eigenvalue weighted by atomic mass is 9.92. The molecule has 0 aromatic heterocycles. The number of carbonyl (C=O) groups excluding carboxylic acids is 3. The Hall–Kier alpha value is -2.70. The molecule has 2 aliphatic carbocycles. The molecule has 7 heteroatoms. The molecule has 7 nitrogen and oxygen atoms in total. The molecule has 4 amide bonds. The molecule has 27 heavy (non-hydrogen) atoms. The van der Waals surface area contributed by atoms with Gasteiger partial charge in [-0.25, -0.2) is 4.79 Å². The Morgan fingerprint density at radius 3 is 2.44 bits per heavy atom. The summed E-state index contributed by atoms with van der Waals surface area (Å²) in [4.78, 5) is 45.0. The van der Waals surface area contributed by atoms with Gasteiger partial charge in [-0.1, -0.05) is 6.42 Å². The number of rotatable bonds is 4. The van der Waals surface area contributed by atoms with Crippen LogP contribution in [0.5, 0.6) is 0 Å². The number of fused-ring (bicyclic) bond motifs is 2. The number of imide groups is 2. The molecule has 1 N–H and O–H groups in total. The fourth-order valence-electron chi connectivity index (χ4n) is 4.58. The van der Waals surface area contributed by atoms with Gasteiger partial charge in [0.25, 0.3) is 0 Å². The van der Waals surface area contributed by atoms with Crippen LogP contribution in [0, 0.1) is 17.8 Å². The highest BCUT2D eigenvalue weighted by Gasteiger charge is 2.50. The summed E-state index contributed by atoms with van der Waals surface area (Å²) in [6, 6.07) is 6.83. The largest absolute Gasteiger partial charge is 0.378 e. The van der Waals surface area contributed by atoms with Crippen molar-refractivity contribution in [1.29, 1.82) is 0 Å². The number of aliphatic imine (C=N–C) groups is 1. The fourth-order valence-corrected chi connectivity index (χ4v) is 4.58. The predicted octanol–water partition coefficient (Wildman–Crippen LogP) is 2.34. The highest BCUT2D eigenvalue weighted by atomic mass is 16.2. The third-order valence-corrected chi connectivity index (χ3v) is 6.01. The van der Waals surface area contributed by atoms with E-state index in [1.54, 1.807) is 0 Å². The molecule has 1 aliphatic heterocycles. The highest BCUT2D eigenvalue weighted by molar-refractivity contribution is 6.23. The maximum atomic E-state index is 12.9. The van der Waals surface area contributed by atoms with Crippen LogP contribution in [0.1, 0.15) is 25.7 Å². The standard InChI is InChI=1S/C20H24N4O3/c1-23(2)15-7-5-14(6-8-15)21-11-16-18(25)22-20(27)24(19(16)26)17-10-12-3-4-13(17)9-12/h5-8,11-13,16-17H,3-4,9-10H2,1-2H3,(H,22,25,27)/t12-,13-,16+,17-/m0/s1. The average molecular weight is 368 g/mol. The summed E-state index contributed by atoms with van der Waals surface area (Å²) in [5.41, 5.74) is 1.69. The molecule has 1 aromatic carbocycles. The molecule has 2 saturated carbocycles. The van der Waals surface area contributed by atoms with Crippen molar-refractivity contribution in [3.8, 4) is 0 Å². The zero-order chi connectivity index (χ0) is 19.1. The summed E-state index contributed by atoms with van der Waals surface area (Å²) in [6.45, 7) is 0. The van der Waals surface area contributed by atoms with E-state index in [-0.39, 0.29) is 6.04 Å². The molecule has 4 rings (SSSR count). The number of hydrogen-bond acceptors (Lipinski definition) is 5. The second-order valence-electron chi connectivity index (χ2n) is 7.91. The maximum absolute atomic E-state index is 12.9. The first-order chi connectivity index (χ1) is 12.9. The molecule has 0 unspecified atom stereocenters. The van der Waals surface area contributed by atoms with Crippen molar-refractivity contribution in [2.75, 3.05) is 19.0 Å². The quantitative estimate of drug-likeness (QED) is 0.653. The number of hydrogen-bond donors (Lipinski definition) is 1. The molecule has 3 aliphatic rings. The van der Waals surface area contributed by atoms with Gasteiger partial charge in [0.2, 0.25) is 11.8 Å². The molecule has 2 bridgehead atoms. The minimum Gasteiger partial charge on any atom is -0.378 e. The number of anilines is 1. The van der Waals surface area contributed by atoms with E-state index in [0.29, 0.717) is 17.5 Å². The molecule has 142 valence electrons. The zero-order valence-corrected chi connectivity index (χ0v) is 15.6. The van der Waals surface area contributed by atoms with Gasteiger partial charge in [0.1, 0.15) is 0 Å². The molecular formula is C20H24N4O3. The lowest BCUT2D eigenvalue weighted by Gasteiger charge is -2.36. The summed E-state index contributed by atoms with van der Waals surface area (Å²) in [7, 11) is 3.90. The van der Waals surface area contributed by atoms with Crippen LogP contribution >= 0.6 is 0 Å². The van der Waals surface area contributed by atoms with E-state index in [4.69, 9.17) is 0 Å². The van der Waals surface area contributed by atoms with Crippen molar-refractivity contribution < 1.29 is 14.4 Å². The number of carbonyl (C=O) groups is 3. The van der Waals surface area contributed by atoms with Gasteiger partial charge >= 0.3 is 6.03 Å². The van der Waals surface area contributed by atoms with E-state index < -0.39 is 23.8 Å². The van der Waals surface area contributed by atoms with Crippen molar-refractivity contribution >= 4 is 35.4 Å². The Bertz CT molecular complexity index is 802. The predicted molar refractivity (Wildman–Crippen MR) is 102 cm³/mol. The van der Waals surface area contributed by atoms with Gasteiger partial charge in [-0.15, -0.1) is 0 Å². The van der Waals surface area contributed by atoms with E-state index in [1.807, 2.05) is 43.3 Å². The summed E-state index contributed by atoms with van der Waals surface area (Å²) < 4.78 is 0. The number of nitrogens with one attached hydrogen (secondary N) is 1. The van der Waals surface area contributed by atoms with Gasteiger partial charge in [-0.05, 0) is 55.4 Å². The Morgan fingerprint density at radius 1 is 1.11 bits per heavy atom. The monoisotopic (exact) mass is 368 g/mol. The molecule has 4 atom stereocenters. The summed E-state index contributed by atoms with van der Waals surface area (Å²) in [5.74, 6) is -1.14. The Morgan fingerprint density at radius 2 is 1.85 bits per heavy atom. The SMILES string of the molecule is CN(C)c1ccc(N=C[C@@H]2C(=O)NC(=O)N([C@H]3C[C@H]4CC[C@H]3C4)C2=O)cc1. The number of barbiturate groups is 1. The molecule has 0 radical (unpaired) electrons. The van der Waals surface area contributed by atoms with E-state index >= 15 is 0 Å². The van der Waals surface area contributed by atoms with Crippen LogP contribution in [-0.4, -0.2) is 49.1 Å². The van der Waals surface area contributed by atoms with Crippen LogP contribution in [0.2, 0.25) is 0 Å². The lowest BCUT2D eigenvalue weighted by molar-refractivity contribution is -0.141. The normalized spacial score (nSPS) is 30.3. The Balaban J connectivity index is 1.52. The molecule has 1 saturated heterocycles. The summed E-state index contributed by atoms with van der Waals surface area (Å²) in [6.07, 6.45) is 5.52. The van der Waals surface area contributed by atoms with Crippen LogP contribution in [0.25, 0.3) is 0 Å². The maximum Gasteiger partial charge on any atom is 0.331 e. The highest BCUT2D eigenvalue weighted by Crippen LogP contribution is 2.47. The Labute approximate surface area is 158 Å². The number of amides is 4. The second kappa shape index (κ2) is 6.79. The van der Waals surface area contributed by atoms with Crippen molar-refractivity contribution in [3.63, 3.8) is 0 Å². The topological polar surface area (TPSA) is 82.1 Å². The summed E-state index contributed by atoms with van der Waals surface area (Å²) in [5, 5.41) is 2.34. The number of urea groups is 1. The van der Waals surface area contributed by atoms with Gasteiger partial charge in [-0.2, -0.15) is 0 Å².